The van der Waals surface area contributed by atoms with Crippen molar-refractivity contribution in [2.24, 2.45) is 5.92 Å². The summed E-state index contributed by atoms with van der Waals surface area (Å²) in [5.41, 5.74) is 0. The number of hydrogen-bond acceptors (Lipinski definition) is 4. The Hall–Kier alpha value is -1.43. The van der Waals surface area contributed by atoms with Crippen LogP contribution in [0.25, 0.3) is 10.1 Å². The lowest BCUT2D eigenvalue weighted by Crippen LogP contribution is -2.44. The number of thiophene rings is 1. The number of fused-ring (bicyclic) bond motifs is 1. The molecule has 2 fully saturated rings. The molecule has 5 heteroatoms. The van der Waals surface area contributed by atoms with E-state index in [1.54, 1.807) is 0 Å². The average molecular weight is 414 g/mol. The highest BCUT2D eigenvalue weighted by atomic mass is 32.1. The Bertz CT molecular complexity index is 778. The minimum atomic E-state index is 0.348. The number of benzene rings is 1. The van der Waals surface area contributed by atoms with Crippen LogP contribution in [-0.4, -0.2) is 66.9 Å². The molecule has 0 aliphatic carbocycles. The van der Waals surface area contributed by atoms with E-state index in [4.69, 9.17) is 0 Å². The molecule has 3 heterocycles. The Kier molecular flexibility index (Phi) is 6.88. The molecule has 2 aliphatic heterocycles. The standard InChI is InChI=1S/C24H35N3OS/c1-25-14-11-21(12-15-25)26(2)24(28)10-9-19-6-5-13-27(17-19)18-22-16-20-7-3-4-8-23(20)29-22/h3-4,7-8,16,19,21H,5-6,9-15,17-18H2,1-2H3. The molecule has 0 radical (unpaired) electrons. The summed E-state index contributed by atoms with van der Waals surface area (Å²) in [6.07, 6.45) is 6.52. The molecule has 1 amide bonds. The van der Waals surface area contributed by atoms with Crippen molar-refractivity contribution in [2.45, 2.75) is 51.1 Å². The maximum absolute atomic E-state index is 12.7. The van der Waals surface area contributed by atoms with Crippen LogP contribution in [0.2, 0.25) is 0 Å². The van der Waals surface area contributed by atoms with E-state index in [-0.39, 0.29) is 0 Å². The van der Waals surface area contributed by atoms with Crippen LogP contribution < -0.4 is 0 Å². The van der Waals surface area contributed by atoms with Gasteiger partial charge in [-0.3, -0.25) is 9.69 Å². The summed E-state index contributed by atoms with van der Waals surface area (Å²) in [5, 5.41) is 1.36. The number of nitrogens with zero attached hydrogens (tertiary/aromatic N) is 3. The summed E-state index contributed by atoms with van der Waals surface area (Å²) < 4.78 is 1.39. The predicted molar refractivity (Wildman–Crippen MR) is 122 cm³/mol. The lowest BCUT2D eigenvalue weighted by atomic mass is 9.93. The summed E-state index contributed by atoms with van der Waals surface area (Å²) in [6, 6.07) is 11.5. The Balaban J connectivity index is 1.24. The molecule has 0 N–H and O–H groups in total. The van der Waals surface area contributed by atoms with Gasteiger partial charge >= 0.3 is 0 Å². The van der Waals surface area contributed by atoms with Crippen molar-refractivity contribution in [3.05, 3.63) is 35.2 Å². The molecule has 29 heavy (non-hydrogen) atoms. The lowest BCUT2D eigenvalue weighted by molar-refractivity contribution is -0.133. The SMILES string of the molecule is CN1CCC(N(C)C(=O)CCC2CCCN(Cc3cc4ccccc4s3)C2)CC1. The molecule has 1 unspecified atom stereocenters. The Morgan fingerprint density at radius 3 is 2.76 bits per heavy atom. The summed E-state index contributed by atoms with van der Waals surface area (Å²) in [6.45, 7) is 5.60. The summed E-state index contributed by atoms with van der Waals surface area (Å²) in [7, 11) is 4.19. The maximum atomic E-state index is 12.7. The van der Waals surface area contributed by atoms with Crippen molar-refractivity contribution >= 4 is 27.3 Å². The fraction of sp³-hybridized carbons (Fsp3) is 0.625. The first-order valence-electron chi connectivity index (χ1n) is 11.2. The third-order valence-electron chi connectivity index (χ3n) is 6.85. The molecule has 2 aromatic rings. The van der Waals surface area contributed by atoms with Crippen LogP contribution in [0.15, 0.2) is 30.3 Å². The number of carbonyl (C=O) groups excluding carboxylic acids is 1. The number of carbonyl (C=O) groups is 1. The van der Waals surface area contributed by atoms with Crippen LogP contribution in [0.4, 0.5) is 0 Å². The topological polar surface area (TPSA) is 26.8 Å². The van der Waals surface area contributed by atoms with Gasteiger partial charge in [-0.2, -0.15) is 0 Å². The highest BCUT2D eigenvalue weighted by Gasteiger charge is 2.26. The minimum Gasteiger partial charge on any atom is -0.343 e. The van der Waals surface area contributed by atoms with Crippen molar-refractivity contribution in [1.82, 2.24) is 14.7 Å². The molecule has 1 atom stereocenters. The van der Waals surface area contributed by atoms with E-state index < -0.39 is 0 Å². The number of piperidine rings is 2. The van der Waals surface area contributed by atoms with Gasteiger partial charge in [-0.1, -0.05) is 18.2 Å². The molecule has 0 bridgehead atoms. The Morgan fingerprint density at radius 1 is 1.17 bits per heavy atom. The fourth-order valence-corrected chi connectivity index (χ4v) is 6.06. The summed E-state index contributed by atoms with van der Waals surface area (Å²) in [5.74, 6) is 1.01. The largest absolute Gasteiger partial charge is 0.343 e. The molecule has 4 rings (SSSR count). The monoisotopic (exact) mass is 413 g/mol. The Morgan fingerprint density at radius 2 is 1.97 bits per heavy atom. The second kappa shape index (κ2) is 9.59. The van der Waals surface area contributed by atoms with Gasteiger partial charge in [0, 0.05) is 42.2 Å². The zero-order chi connectivity index (χ0) is 20.2. The highest BCUT2D eigenvalue weighted by molar-refractivity contribution is 7.19. The van der Waals surface area contributed by atoms with Gasteiger partial charge in [0.1, 0.15) is 0 Å². The number of likely N-dealkylation sites (tertiary alicyclic amines) is 2. The van der Waals surface area contributed by atoms with Gasteiger partial charge in [0.05, 0.1) is 0 Å². The van der Waals surface area contributed by atoms with Gasteiger partial charge in [-0.15, -0.1) is 11.3 Å². The first kappa shape index (κ1) is 20.8. The van der Waals surface area contributed by atoms with Crippen molar-refractivity contribution < 1.29 is 4.79 Å². The molecular weight excluding hydrogens is 378 g/mol. The van der Waals surface area contributed by atoms with Crippen LogP contribution in [0, 0.1) is 5.92 Å². The molecule has 2 saturated heterocycles. The van der Waals surface area contributed by atoms with E-state index in [1.807, 2.05) is 23.3 Å². The van der Waals surface area contributed by atoms with E-state index >= 15 is 0 Å². The van der Waals surface area contributed by atoms with Crippen LogP contribution in [0.1, 0.15) is 43.4 Å². The minimum absolute atomic E-state index is 0.348. The molecular formula is C24H35N3OS. The van der Waals surface area contributed by atoms with Crippen molar-refractivity contribution in [3.63, 3.8) is 0 Å². The first-order chi connectivity index (χ1) is 14.1. The van der Waals surface area contributed by atoms with Gasteiger partial charge in [-0.05, 0) is 82.2 Å². The molecule has 4 nitrogen and oxygen atoms in total. The van der Waals surface area contributed by atoms with Crippen LogP contribution in [-0.2, 0) is 11.3 Å². The number of hydrogen-bond donors (Lipinski definition) is 0. The molecule has 0 saturated carbocycles. The number of rotatable bonds is 6. The first-order valence-corrected chi connectivity index (χ1v) is 12.0. The van der Waals surface area contributed by atoms with Gasteiger partial charge < -0.3 is 9.80 Å². The van der Waals surface area contributed by atoms with E-state index in [1.165, 1.54) is 34.3 Å². The normalized spacial score (nSPS) is 22.2. The van der Waals surface area contributed by atoms with Gasteiger partial charge in [0.15, 0.2) is 0 Å². The van der Waals surface area contributed by atoms with E-state index in [0.717, 1.165) is 45.4 Å². The third kappa shape index (κ3) is 5.39. The highest BCUT2D eigenvalue weighted by Crippen LogP contribution is 2.29. The lowest BCUT2D eigenvalue weighted by Gasteiger charge is -2.36. The fourth-order valence-electron chi connectivity index (χ4n) is 4.96. The van der Waals surface area contributed by atoms with Crippen LogP contribution >= 0.6 is 11.3 Å². The molecule has 1 aromatic heterocycles. The molecule has 0 spiro atoms. The second-order valence-corrected chi connectivity index (χ2v) is 10.2. The van der Waals surface area contributed by atoms with Gasteiger partial charge in [0.25, 0.3) is 0 Å². The smallest absolute Gasteiger partial charge is 0.222 e. The number of amides is 1. The van der Waals surface area contributed by atoms with Crippen LogP contribution in [0.3, 0.4) is 0 Å². The quantitative estimate of drug-likeness (QED) is 0.700. The van der Waals surface area contributed by atoms with Gasteiger partial charge in [0.2, 0.25) is 5.91 Å². The second-order valence-electron chi connectivity index (χ2n) is 9.07. The van der Waals surface area contributed by atoms with Crippen molar-refractivity contribution in [2.75, 3.05) is 40.3 Å². The molecule has 158 valence electrons. The Labute approximate surface area is 179 Å². The average Bonchev–Trinajstić information content (AvgIpc) is 3.14. The summed E-state index contributed by atoms with van der Waals surface area (Å²) >= 11 is 1.92. The van der Waals surface area contributed by atoms with Crippen LogP contribution in [0.5, 0.6) is 0 Å². The predicted octanol–water partition coefficient (Wildman–Crippen LogP) is 4.45. The molecule has 2 aliphatic rings. The zero-order valence-electron chi connectivity index (χ0n) is 18.0. The van der Waals surface area contributed by atoms with Crippen molar-refractivity contribution in [1.29, 1.82) is 0 Å². The third-order valence-corrected chi connectivity index (χ3v) is 7.96. The van der Waals surface area contributed by atoms with E-state index in [0.29, 0.717) is 24.3 Å². The molecule has 1 aromatic carbocycles. The van der Waals surface area contributed by atoms with E-state index in [9.17, 15) is 4.79 Å². The van der Waals surface area contributed by atoms with Crippen molar-refractivity contribution in [3.8, 4) is 0 Å². The van der Waals surface area contributed by atoms with Gasteiger partial charge in [-0.25, -0.2) is 0 Å². The summed E-state index contributed by atoms with van der Waals surface area (Å²) in [4.78, 5) is 21.2. The zero-order valence-corrected chi connectivity index (χ0v) is 18.8. The van der Waals surface area contributed by atoms with E-state index in [2.05, 4.69) is 47.2 Å². The maximum Gasteiger partial charge on any atom is 0.222 e.